The summed E-state index contributed by atoms with van der Waals surface area (Å²) in [6.07, 6.45) is 0. The lowest BCUT2D eigenvalue weighted by Crippen LogP contribution is -2.37. The summed E-state index contributed by atoms with van der Waals surface area (Å²) in [6, 6.07) is 9.67. The molecule has 1 fully saturated rings. The molecule has 0 saturated carbocycles. The zero-order valence-corrected chi connectivity index (χ0v) is 19.0. The third kappa shape index (κ3) is 5.24. The van der Waals surface area contributed by atoms with Crippen molar-refractivity contribution in [2.45, 2.75) is 6.92 Å². The van der Waals surface area contributed by atoms with E-state index in [9.17, 15) is 14.0 Å². The molecule has 1 aliphatic heterocycles. The number of ether oxygens (including phenoxy) is 1. The molecule has 176 valence electrons. The van der Waals surface area contributed by atoms with E-state index in [-0.39, 0.29) is 22.2 Å². The normalized spacial score (nSPS) is 13.4. The molecule has 3 aromatic rings. The molecule has 0 aliphatic carbocycles. The maximum atomic E-state index is 15.0. The summed E-state index contributed by atoms with van der Waals surface area (Å²) >= 11 is 6.32. The molecule has 0 radical (unpaired) electrons. The minimum Gasteiger partial charge on any atom is -0.378 e. The van der Waals surface area contributed by atoms with E-state index < -0.39 is 17.8 Å². The molecule has 1 saturated heterocycles. The molecule has 4 rings (SSSR count). The van der Waals surface area contributed by atoms with E-state index in [0.717, 1.165) is 0 Å². The van der Waals surface area contributed by atoms with Gasteiger partial charge in [-0.3, -0.25) is 4.79 Å². The van der Waals surface area contributed by atoms with Crippen LogP contribution in [0.2, 0.25) is 5.15 Å². The van der Waals surface area contributed by atoms with Crippen molar-refractivity contribution in [3.05, 3.63) is 64.6 Å². The van der Waals surface area contributed by atoms with Gasteiger partial charge in [-0.1, -0.05) is 11.6 Å². The van der Waals surface area contributed by atoms with Crippen molar-refractivity contribution >= 4 is 40.7 Å². The van der Waals surface area contributed by atoms with Crippen molar-refractivity contribution in [2.75, 3.05) is 41.8 Å². The second kappa shape index (κ2) is 10.0. The number of anilines is 3. The van der Waals surface area contributed by atoms with Crippen LogP contribution in [-0.2, 0) is 4.74 Å². The summed E-state index contributed by atoms with van der Waals surface area (Å²) < 4.78 is 20.4. The van der Waals surface area contributed by atoms with E-state index in [4.69, 9.17) is 22.1 Å². The van der Waals surface area contributed by atoms with Gasteiger partial charge in [0.1, 0.15) is 16.8 Å². The molecule has 2 heterocycles. The number of carbonyl (C=O) groups is 2. The van der Waals surface area contributed by atoms with Crippen LogP contribution in [0, 0.1) is 12.7 Å². The average molecular weight is 485 g/mol. The second-order valence-electron chi connectivity index (χ2n) is 7.60. The van der Waals surface area contributed by atoms with Crippen molar-refractivity contribution in [3.8, 4) is 11.4 Å². The number of nitrogens with one attached hydrogen (secondary N) is 2. The van der Waals surface area contributed by atoms with Gasteiger partial charge in [0.25, 0.3) is 0 Å². The minimum atomic E-state index is -0.614. The van der Waals surface area contributed by atoms with Crippen molar-refractivity contribution < 1.29 is 18.7 Å². The van der Waals surface area contributed by atoms with Gasteiger partial charge in [-0.05, 0) is 49.4 Å². The Labute approximate surface area is 200 Å². The highest BCUT2D eigenvalue weighted by molar-refractivity contribution is 6.30. The zero-order valence-electron chi connectivity index (χ0n) is 18.3. The smallest absolute Gasteiger partial charge is 0.323 e. The van der Waals surface area contributed by atoms with Crippen LogP contribution in [0.1, 0.15) is 15.9 Å². The maximum absolute atomic E-state index is 15.0. The van der Waals surface area contributed by atoms with Crippen LogP contribution in [0.3, 0.4) is 0 Å². The number of primary amides is 1. The van der Waals surface area contributed by atoms with Gasteiger partial charge < -0.3 is 26.0 Å². The highest BCUT2D eigenvalue weighted by atomic mass is 35.5. The summed E-state index contributed by atoms with van der Waals surface area (Å²) in [5.41, 5.74) is 7.07. The lowest BCUT2D eigenvalue weighted by Gasteiger charge is -2.29. The number of aromatic nitrogens is 2. The quantitative estimate of drug-likeness (QED) is 0.473. The molecule has 0 atom stereocenters. The summed E-state index contributed by atoms with van der Waals surface area (Å²) in [6.45, 7) is 4.27. The van der Waals surface area contributed by atoms with Crippen LogP contribution in [0.15, 0.2) is 42.5 Å². The van der Waals surface area contributed by atoms with Gasteiger partial charge in [-0.15, -0.1) is 0 Å². The number of morpholine rings is 1. The van der Waals surface area contributed by atoms with Gasteiger partial charge in [-0.2, -0.15) is 0 Å². The Bertz CT molecular complexity index is 1230. The predicted octanol–water partition coefficient (Wildman–Crippen LogP) is 3.82. The number of amides is 3. The van der Waals surface area contributed by atoms with Crippen molar-refractivity contribution in [2.24, 2.45) is 5.73 Å². The number of hydrogen-bond donors (Lipinski definition) is 3. The van der Waals surface area contributed by atoms with Crippen molar-refractivity contribution in [1.82, 2.24) is 9.97 Å². The van der Waals surface area contributed by atoms with Crippen LogP contribution in [0.5, 0.6) is 0 Å². The zero-order chi connectivity index (χ0) is 24.2. The predicted molar refractivity (Wildman–Crippen MR) is 128 cm³/mol. The summed E-state index contributed by atoms with van der Waals surface area (Å²) in [5.74, 6) is -0.388. The first-order valence-corrected chi connectivity index (χ1v) is 10.8. The standard InChI is InChI=1S/C23H22ClFN6O3/c1-13-19(24)29-21(30-22(13)31-8-10-34-11-9-31)17-7-6-16(12-18(17)25)28-23(33)27-15-4-2-14(3-5-15)20(26)32/h2-7,12H,8-11H2,1H3,(H2,26,32)(H2,27,28,33). The van der Waals surface area contributed by atoms with E-state index in [2.05, 4.69) is 20.6 Å². The number of benzene rings is 2. The van der Waals surface area contributed by atoms with Crippen molar-refractivity contribution in [1.29, 1.82) is 0 Å². The van der Waals surface area contributed by atoms with Crippen LogP contribution >= 0.6 is 11.6 Å². The molecule has 2 aromatic carbocycles. The number of rotatable bonds is 5. The summed E-state index contributed by atoms with van der Waals surface area (Å²) in [5, 5.41) is 5.40. The Kier molecular flexibility index (Phi) is 6.90. The van der Waals surface area contributed by atoms with Crippen LogP contribution in [0.25, 0.3) is 11.4 Å². The lowest BCUT2D eigenvalue weighted by atomic mass is 10.1. The van der Waals surface area contributed by atoms with E-state index in [0.29, 0.717) is 48.9 Å². The summed E-state index contributed by atoms with van der Waals surface area (Å²) in [7, 11) is 0. The van der Waals surface area contributed by atoms with Crippen LogP contribution in [-0.4, -0.2) is 48.2 Å². The molecule has 0 bridgehead atoms. The Hall–Kier alpha value is -3.76. The summed E-state index contributed by atoms with van der Waals surface area (Å²) in [4.78, 5) is 34.2. The highest BCUT2D eigenvalue weighted by Gasteiger charge is 2.20. The molecule has 3 amide bonds. The Balaban J connectivity index is 1.50. The van der Waals surface area contributed by atoms with Gasteiger partial charge in [0.15, 0.2) is 5.82 Å². The van der Waals surface area contributed by atoms with Gasteiger partial charge in [0.2, 0.25) is 5.91 Å². The molecule has 9 nitrogen and oxygen atoms in total. The molecule has 1 aliphatic rings. The number of carbonyl (C=O) groups excluding carboxylic acids is 2. The first-order chi connectivity index (χ1) is 16.3. The van der Waals surface area contributed by atoms with E-state index >= 15 is 0 Å². The minimum absolute atomic E-state index is 0.153. The van der Waals surface area contributed by atoms with E-state index in [1.807, 2.05) is 11.8 Å². The number of hydrogen-bond acceptors (Lipinski definition) is 6. The second-order valence-corrected chi connectivity index (χ2v) is 7.96. The van der Waals surface area contributed by atoms with Gasteiger partial charge in [0, 0.05) is 35.6 Å². The fourth-order valence-electron chi connectivity index (χ4n) is 3.47. The Morgan fingerprint density at radius 3 is 2.35 bits per heavy atom. The first kappa shape index (κ1) is 23.4. The molecule has 0 spiro atoms. The van der Waals surface area contributed by atoms with Gasteiger partial charge in [-0.25, -0.2) is 19.2 Å². The first-order valence-electron chi connectivity index (χ1n) is 10.5. The number of nitrogens with zero attached hydrogens (tertiary/aromatic N) is 3. The number of nitrogens with two attached hydrogens (primary N) is 1. The Morgan fingerprint density at radius 1 is 1.06 bits per heavy atom. The van der Waals surface area contributed by atoms with E-state index in [1.165, 1.54) is 36.4 Å². The van der Waals surface area contributed by atoms with E-state index in [1.54, 1.807) is 6.07 Å². The molecule has 0 unspecified atom stereocenters. The maximum Gasteiger partial charge on any atom is 0.323 e. The molecular weight excluding hydrogens is 463 g/mol. The third-order valence-electron chi connectivity index (χ3n) is 5.27. The average Bonchev–Trinajstić information content (AvgIpc) is 2.82. The fraction of sp³-hybridized carbons (Fsp3) is 0.217. The van der Waals surface area contributed by atoms with Crippen LogP contribution < -0.4 is 21.3 Å². The lowest BCUT2D eigenvalue weighted by molar-refractivity contribution is 0.1000. The SMILES string of the molecule is Cc1c(Cl)nc(-c2ccc(NC(=O)Nc3ccc(C(N)=O)cc3)cc2F)nc1N1CCOCC1. The highest BCUT2D eigenvalue weighted by Crippen LogP contribution is 2.30. The van der Waals surface area contributed by atoms with Crippen LogP contribution in [0.4, 0.5) is 26.4 Å². The Morgan fingerprint density at radius 2 is 1.71 bits per heavy atom. The van der Waals surface area contributed by atoms with Crippen molar-refractivity contribution in [3.63, 3.8) is 0 Å². The number of urea groups is 1. The van der Waals surface area contributed by atoms with Gasteiger partial charge >= 0.3 is 6.03 Å². The monoisotopic (exact) mass is 484 g/mol. The topological polar surface area (TPSA) is 122 Å². The third-order valence-corrected chi connectivity index (χ3v) is 5.63. The molecule has 11 heteroatoms. The number of halogens is 2. The molecule has 4 N–H and O–H groups in total. The van der Waals surface area contributed by atoms with Gasteiger partial charge in [0.05, 0.1) is 18.8 Å². The molecule has 1 aromatic heterocycles. The molecule has 34 heavy (non-hydrogen) atoms. The largest absolute Gasteiger partial charge is 0.378 e. The molecular formula is C23H22ClFN6O3. The fourth-order valence-corrected chi connectivity index (χ4v) is 3.63.